The Morgan fingerprint density at radius 3 is 3.08 bits per heavy atom. The number of allylic oxidation sites excluding steroid dienone is 3. The predicted octanol–water partition coefficient (Wildman–Crippen LogP) is 2.04. The Kier molecular flexibility index (Phi) is 4.26. The van der Waals surface area contributed by atoms with Gasteiger partial charge in [0.2, 0.25) is 0 Å². The second kappa shape index (κ2) is 5.62. The third-order valence-corrected chi connectivity index (χ3v) is 1.83. The molecule has 0 aromatic carbocycles. The highest BCUT2D eigenvalue weighted by Crippen LogP contribution is 2.15. The van der Waals surface area contributed by atoms with Crippen LogP contribution >= 0.6 is 0 Å². The number of aliphatic hydroxyl groups excluding tert-OH is 1. The summed E-state index contributed by atoms with van der Waals surface area (Å²) in [4.78, 5) is 0. The summed E-state index contributed by atoms with van der Waals surface area (Å²) >= 11 is 0. The lowest BCUT2D eigenvalue weighted by Gasteiger charge is -2.05. The van der Waals surface area contributed by atoms with Gasteiger partial charge in [-0.25, -0.2) is 0 Å². The molecule has 1 nitrogen and oxygen atoms in total. The molecular weight excluding hydrogens is 148 g/mol. The molecule has 0 radical (unpaired) electrons. The van der Waals surface area contributed by atoms with E-state index in [1.54, 1.807) is 12.2 Å². The van der Waals surface area contributed by atoms with Crippen molar-refractivity contribution in [2.24, 2.45) is 0 Å². The van der Waals surface area contributed by atoms with E-state index in [2.05, 4.69) is 17.9 Å². The van der Waals surface area contributed by atoms with Gasteiger partial charge in [-0.1, -0.05) is 24.0 Å². The van der Waals surface area contributed by atoms with Crippen LogP contribution in [0.5, 0.6) is 0 Å². The number of rotatable bonds is 1. The average Bonchev–Trinajstić information content (AvgIpc) is 2.14. The zero-order valence-electron chi connectivity index (χ0n) is 7.21. The van der Waals surface area contributed by atoms with Gasteiger partial charge in [-0.2, -0.15) is 0 Å². The molecule has 1 aliphatic carbocycles. The van der Waals surface area contributed by atoms with Crippen LogP contribution in [0.1, 0.15) is 25.7 Å². The maximum Gasteiger partial charge on any atom is 0.0621 e. The van der Waals surface area contributed by atoms with Crippen LogP contribution in [0, 0.1) is 11.8 Å². The lowest BCUT2D eigenvalue weighted by molar-refractivity contribution is 0.343. The van der Waals surface area contributed by atoms with Gasteiger partial charge in [0.05, 0.1) is 6.61 Å². The molecule has 64 valence electrons. The zero-order chi connectivity index (χ0) is 8.65. The molecule has 0 aromatic rings. The number of hydrogen-bond donors (Lipinski definition) is 1. The van der Waals surface area contributed by atoms with Crippen LogP contribution in [-0.4, -0.2) is 11.7 Å². The summed E-state index contributed by atoms with van der Waals surface area (Å²) in [7, 11) is 0. The lowest BCUT2D eigenvalue weighted by Crippen LogP contribution is -1.88. The Balaban J connectivity index is 2.41. The van der Waals surface area contributed by atoms with Gasteiger partial charge in [0.25, 0.3) is 0 Å². The van der Waals surface area contributed by atoms with E-state index < -0.39 is 0 Å². The molecule has 1 heteroatoms. The summed E-state index contributed by atoms with van der Waals surface area (Å²) in [6, 6.07) is 0. The Labute approximate surface area is 73.8 Å². The smallest absolute Gasteiger partial charge is 0.0621 e. The van der Waals surface area contributed by atoms with Gasteiger partial charge in [0.1, 0.15) is 0 Å². The molecule has 0 saturated heterocycles. The zero-order valence-corrected chi connectivity index (χ0v) is 7.21. The fourth-order valence-electron chi connectivity index (χ4n) is 1.20. The molecule has 0 unspecified atom stereocenters. The molecule has 0 heterocycles. The quantitative estimate of drug-likeness (QED) is 0.585. The van der Waals surface area contributed by atoms with Crippen LogP contribution in [-0.2, 0) is 0 Å². The molecular formula is C11H14O. The van der Waals surface area contributed by atoms with E-state index in [-0.39, 0.29) is 6.61 Å². The van der Waals surface area contributed by atoms with Crippen LogP contribution in [0.25, 0.3) is 0 Å². The maximum absolute atomic E-state index is 8.43. The first-order valence-electron chi connectivity index (χ1n) is 4.40. The molecule has 0 spiro atoms. The summed E-state index contributed by atoms with van der Waals surface area (Å²) in [5.41, 5.74) is 1.25. The summed E-state index contributed by atoms with van der Waals surface area (Å²) in [6.45, 7) is 0.0771. The monoisotopic (exact) mass is 162 g/mol. The van der Waals surface area contributed by atoms with Crippen LogP contribution in [0.4, 0.5) is 0 Å². The first kappa shape index (κ1) is 9.09. The van der Waals surface area contributed by atoms with Gasteiger partial charge in [-0.05, 0) is 37.3 Å². The molecule has 0 aliphatic heterocycles. The molecule has 0 amide bonds. The van der Waals surface area contributed by atoms with Crippen molar-refractivity contribution in [2.75, 3.05) is 6.61 Å². The van der Waals surface area contributed by atoms with E-state index >= 15 is 0 Å². The maximum atomic E-state index is 8.43. The van der Waals surface area contributed by atoms with Crippen molar-refractivity contribution in [1.82, 2.24) is 0 Å². The third kappa shape index (κ3) is 3.41. The van der Waals surface area contributed by atoms with E-state index in [4.69, 9.17) is 5.11 Å². The summed E-state index contributed by atoms with van der Waals surface area (Å²) < 4.78 is 0. The van der Waals surface area contributed by atoms with Gasteiger partial charge in [-0.15, -0.1) is 0 Å². The third-order valence-electron chi connectivity index (χ3n) is 1.83. The van der Waals surface area contributed by atoms with Gasteiger partial charge in [0, 0.05) is 0 Å². The van der Waals surface area contributed by atoms with Gasteiger partial charge in [0.15, 0.2) is 0 Å². The summed E-state index contributed by atoms with van der Waals surface area (Å²) in [5.74, 6) is 5.97. The minimum absolute atomic E-state index is 0.0771. The second-order valence-electron chi connectivity index (χ2n) is 2.83. The van der Waals surface area contributed by atoms with Gasteiger partial charge in [-0.3, -0.25) is 0 Å². The van der Waals surface area contributed by atoms with Crippen molar-refractivity contribution in [3.63, 3.8) is 0 Å². The molecule has 12 heavy (non-hydrogen) atoms. The number of aliphatic hydroxyl groups is 1. The van der Waals surface area contributed by atoms with E-state index in [1.165, 1.54) is 24.8 Å². The lowest BCUT2D eigenvalue weighted by atomic mass is 10.0. The topological polar surface area (TPSA) is 20.2 Å². The Hall–Kier alpha value is -1.00. The first-order valence-corrected chi connectivity index (χ1v) is 4.40. The predicted molar refractivity (Wildman–Crippen MR) is 50.6 cm³/mol. The minimum Gasteiger partial charge on any atom is -0.392 e. The van der Waals surface area contributed by atoms with Crippen LogP contribution < -0.4 is 0 Å². The van der Waals surface area contributed by atoms with Crippen molar-refractivity contribution in [1.29, 1.82) is 0 Å². The van der Waals surface area contributed by atoms with Crippen molar-refractivity contribution < 1.29 is 5.11 Å². The summed E-state index contributed by atoms with van der Waals surface area (Å²) in [6.07, 6.45) is 10.4. The molecule has 1 aliphatic rings. The highest BCUT2D eigenvalue weighted by atomic mass is 16.2. The van der Waals surface area contributed by atoms with Crippen LogP contribution in [0.3, 0.4) is 0 Å². The molecule has 0 aromatic heterocycles. The normalized spacial score (nSPS) is 16.9. The second-order valence-corrected chi connectivity index (χ2v) is 2.83. The molecule has 0 fully saturated rings. The summed E-state index contributed by atoms with van der Waals surface area (Å²) in [5, 5.41) is 8.43. The van der Waals surface area contributed by atoms with E-state index in [9.17, 15) is 0 Å². The first-order chi connectivity index (χ1) is 5.93. The van der Waals surface area contributed by atoms with Crippen molar-refractivity contribution in [2.45, 2.75) is 25.7 Å². The van der Waals surface area contributed by atoms with E-state index in [1.807, 2.05) is 0 Å². The van der Waals surface area contributed by atoms with Crippen molar-refractivity contribution in [3.05, 3.63) is 23.8 Å². The van der Waals surface area contributed by atoms with Crippen LogP contribution in [0.15, 0.2) is 23.8 Å². The Bertz CT molecular complexity index is 237. The highest BCUT2D eigenvalue weighted by Gasteiger charge is 1.98. The number of hydrogen-bond acceptors (Lipinski definition) is 1. The van der Waals surface area contributed by atoms with Crippen molar-refractivity contribution in [3.8, 4) is 11.8 Å². The standard InChI is InChI=1S/C11H14O/c12-10-6-2-5-9-11-7-3-1-4-8-11/h2,6-7,12H,1,3-4,8,10H2/b6-2-. The van der Waals surface area contributed by atoms with Crippen molar-refractivity contribution >= 4 is 0 Å². The Morgan fingerprint density at radius 2 is 2.42 bits per heavy atom. The highest BCUT2D eigenvalue weighted by molar-refractivity contribution is 5.33. The average molecular weight is 162 g/mol. The molecule has 1 N–H and O–H groups in total. The fourth-order valence-corrected chi connectivity index (χ4v) is 1.20. The van der Waals surface area contributed by atoms with E-state index in [0.717, 1.165) is 6.42 Å². The van der Waals surface area contributed by atoms with Crippen LogP contribution in [0.2, 0.25) is 0 Å². The fraction of sp³-hybridized carbons (Fsp3) is 0.455. The SMILES string of the molecule is OC/C=C\C#CC1=CCCCC1. The molecule has 0 bridgehead atoms. The molecule has 0 saturated carbocycles. The van der Waals surface area contributed by atoms with Gasteiger partial charge >= 0.3 is 0 Å². The van der Waals surface area contributed by atoms with E-state index in [0.29, 0.717) is 0 Å². The Morgan fingerprint density at radius 1 is 1.50 bits per heavy atom. The minimum atomic E-state index is 0.0771. The molecule has 0 atom stereocenters. The van der Waals surface area contributed by atoms with Gasteiger partial charge < -0.3 is 5.11 Å². The largest absolute Gasteiger partial charge is 0.392 e. The molecule has 1 rings (SSSR count).